The predicted molar refractivity (Wildman–Crippen MR) is 106 cm³/mol. The molecule has 1 aliphatic heterocycles. The molecule has 0 unspecified atom stereocenters. The zero-order valence-electron chi connectivity index (χ0n) is 14.1. The third-order valence-corrected chi connectivity index (χ3v) is 5.16. The molecule has 1 saturated heterocycles. The molecule has 3 N–H and O–H groups in total. The van der Waals surface area contributed by atoms with Gasteiger partial charge in [-0.3, -0.25) is 4.79 Å². The molecule has 25 heavy (non-hydrogen) atoms. The van der Waals surface area contributed by atoms with Gasteiger partial charge in [0.05, 0.1) is 22.1 Å². The van der Waals surface area contributed by atoms with Gasteiger partial charge >= 0.3 is 0 Å². The first kappa shape index (κ1) is 17.9. The summed E-state index contributed by atoms with van der Waals surface area (Å²) in [6.07, 6.45) is 2.27. The number of nitrogens with two attached hydrogens (primary N) is 1. The molecule has 3 rings (SSSR count). The highest BCUT2D eigenvalue weighted by Gasteiger charge is 2.20. The Morgan fingerprint density at radius 1 is 1.16 bits per heavy atom. The molecule has 132 valence electrons. The quantitative estimate of drug-likeness (QED) is 0.734. The van der Waals surface area contributed by atoms with Gasteiger partial charge in [0, 0.05) is 23.7 Å². The molecule has 0 atom stereocenters. The van der Waals surface area contributed by atoms with Crippen LogP contribution in [-0.4, -0.2) is 19.0 Å². The summed E-state index contributed by atoms with van der Waals surface area (Å²) >= 11 is 12.1. The van der Waals surface area contributed by atoms with E-state index >= 15 is 0 Å². The maximum absolute atomic E-state index is 12.4. The van der Waals surface area contributed by atoms with Crippen LogP contribution in [0.1, 0.15) is 30.1 Å². The summed E-state index contributed by atoms with van der Waals surface area (Å²) in [6.45, 7) is 4.18. The second-order valence-electron chi connectivity index (χ2n) is 6.52. The molecule has 0 spiro atoms. The van der Waals surface area contributed by atoms with E-state index in [2.05, 4.69) is 17.1 Å². The van der Waals surface area contributed by atoms with Crippen molar-refractivity contribution in [1.82, 2.24) is 0 Å². The summed E-state index contributed by atoms with van der Waals surface area (Å²) < 4.78 is 0. The summed E-state index contributed by atoms with van der Waals surface area (Å²) in [5, 5.41) is 3.88. The first-order valence-electron chi connectivity index (χ1n) is 8.35. The number of piperidine rings is 1. The standard InChI is InChI=1S/C19H21Cl2N3O/c1-12-6-8-24(9-7-12)18-11-17(15(21)10-16(18)22)23-19(25)13-2-4-14(20)5-3-13/h2-5,10-12H,6-9,22H2,1H3,(H,23,25). The summed E-state index contributed by atoms with van der Waals surface area (Å²) in [7, 11) is 0. The highest BCUT2D eigenvalue weighted by molar-refractivity contribution is 6.34. The molecule has 1 amide bonds. The molecule has 2 aromatic rings. The van der Waals surface area contributed by atoms with Gasteiger partial charge in [-0.25, -0.2) is 0 Å². The SMILES string of the molecule is CC1CCN(c2cc(NC(=O)c3ccc(Cl)cc3)c(Cl)cc2N)CC1. The first-order chi connectivity index (χ1) is 11.9. The van der Waals surface area contributed by atoms with Crippen LogP contribution in [0, 0.1) is 5.92 Å². The van der Waals surface area contributed by atoms with Crippen LogP contribution in [0.4, 0.5) is 17.1 Å². The number of benzene rings is 2. The van der Waals surface area contributed by atoms with E-state index in [1.54, 1.807) is 30.3 Å². The second kappa shape index (κ2) is 7.54. The summed E-state index contributed by atoms with van der Waals surface area (Å²) in [6, 6.07) is 10.3. The summed E-state index contributed by atoms with van der Waals surface area (Å²) in [5.41, 5.74) is 8.79. The number of rotatable bonds is 3. The van der Waals surface area contributed by atoms with Crippen molar-refractivity contribution in [2.24, 2.45) is 5.92 Å². The fourth-order valence-corrected chi connectivity index (χ4v) is 3.34. The maximum Gasteiger partial charge on any atom is 0.255 e. The Morgan fingerprint density at radius 3 is 2.44 bits per heavy atom. The number of amides is 1. The average Bonchev–Trinajstić information content (AvgIpc) is 2.59. The van der Waals surface area contributed by atoms with E-state index in [1.165, 1.54) is 0 Å². The van der Waals surface area contributed by atoms with Crippen LogP contribution in [-0.2, 0) is 0 Å². The smallest absolute Gasteiger partial charge is 0.255 e. The van der Waals surface area contributed by atoms with Gasteiger partial charge < -0.3 is 16.0 Å². The van der Waals surface area contributed by atoms with E-state index in [0.29, 0.717) is 27.0 Å². The highest BCUT2D eigenvalue weighted by Crippen LogP contribution is 2.35. The van der Waals surface area contributed by atoms with Gasteiger partial charge in [0.25, 0.3) is 5.91 Å². The Bertz CT molecular complexity index is 769. The van der Waals surface area contributed by atoms with E-state index in [9.17, 15) is 4.79 Å². The lowest BCUT2D eigenvalue weighted by Gasteiger charge is -2.33. The van der Waals surface area contributed by atoms with Crippen molar-refractivity contribution in [2.75, 3.05) is 29.0 Å². The first-order valence-corrected chi connectivity index (χ1v) is 9.10. The third kappa shape index (κ3) is 4.20. The Kier molecular flexibility index (Phi) is 5.40. The maximum atomic E-state index is 12.4. The van der Waals surface area contributed by atoms with Gasteiger partial charge in [0.2, 0.25) is 0 Å². The molecule has 0 radical (unpaired) electrons. The van der Waals surface area contributed by atoms with Crippen LogP contribution >= 0.6 is 23.2 Å². The molecule has 0 saturated carbocycles. The Labute approximate surface area is 157 Å². The monoisotopic (exact) mass is 377 g/mol. The van der Waals surface area contributed by atoms with Crippen LogP contribution in [0.2, 0.25) is 10.0 Å². The van der Waals surface area contributed by atoms with Gasteiger partial charge in [-0.05, 0) is 55.2 Å². The molecule has 6 heteroatoms. The van der Waals surface area contributed by atoms with Crippen LogP contribution in [0.25, 0.3) is 0 Å². The zero-order valence-corrected chi connectivity index (χ0v) is 15.6. The lowest BCUT2D eigenvalue weighted by molar-refractivity contribution is 0.102. The minimum absolute atomic E-state index is 0.235. The largest absolute Gasteiger partial charge is 0.397 e. The van der Waals surface area contributed by atoms with Crippen LogP contribution in [0.5, 0.6) is 0 Å². The number of nitrogens with zero attached hydrogens (tertiary/aromatic N) is 1. The molecular weight excluding hydrogens is 357 g/mol. The zero-order chi connectivity index (χ0) is 18.0. The van der Waals surface area contributed by atoms with E-state index in [1.807, 2.05) is 6.07 Å². The molecule has 4 nitrogen and oxygen atoms in total. The Morgan fingerprint density at radius 2 is 1.80 bits per heavy atom. The van der Waals surface area contributed by atoms with Crippen molar-refractivity contribution in [2.45, 2.75) is 19.8 Å². The number of carbonyl (C=O) groups is 1. The minimum Gasteiger partial charge on any atom is -0.397 e. The molecule has 1 heterocycles. The topological polar surface area (TPSA) is 58.4 Å². The van der Waals surface area contributed by atoms with Gasteiger partial charge in [0.1, 0.15) is 0 Å². The molecule has 1 aliphatic rings. The molecule has 0 bridgehead atoms. The number of halogens is 2. The van der Waals surface area contributed by atoms with Gasteiger partial charge in [-0.15, -0.1) is 0 Å². The highest BCUT2D eigenvalue weighted by atomic mass is 35.5. The molecular formula is C19H21Cl2N3O. The van der Waals surface area contributed by atoms with Gasteiger partial charge in [-0.2, -0.15) is 0 Å². The van der Waals surface area contributed by atoms with E-state index in [4.69, 9.17) is 28.9 Å². The van der Waals surface area contributed by atoms with E-state index in [-0.39, 0.29) is 5.91 Å². The normalized spacial score (nSPS) is 15.2. The van der Waals surface area contributed by atoms with Crippen molar-refractivity contribution >= 4 is 46.2 Å². The summed E-state index contributed by atoms with van der Waals surface area (Å²) in [4.78, 5) is 14.7. The molecule has 1 fully saturated rings. The van der Waals surface area contributed by atoms with Crippen molar-refractivity contribution in [3.8, 4) is 0 Å². The Hall–Kier alpha value is -1.91. The van der Waals surface area contributed by atoms with E-state index in [0.717, 1.165) is 37.5 Å². The van der Waals surface area contributed by atoms with E-state index < -0.39 is 0 Å². The van der Waals surface area contributed by atoms with Gasteiger partial charge in [0.15, 0.2) is 0 Å². The van der Waals surface area contributed by atoms with Crippen molar-refractivity contribution in [3.63, 3.8) is 0 Å². The number of hydrogen-bond acceptors (Lipinski definition) is 3. The third-order valence-electron chi connectivity index (χ3n) is 4.60. The second-order valence-corrected chi connectivity index (χ2v) is 7.37. The van der Waals surface area contributed by atoms with Crippen LogP contribution in [0.3, 0.4) is 0 Å². The molecule has 2 aromatic carbocycles. The summed E-state index contributed by atoms with van der Waals surface area (Å²) in [5.74, 6) is 0.496. The minimum atomic E-state index is -0.235. The number of nitrogen functional groups attached to an aromatic ring is 1. The fraction of sp³-hybridized carbons (Fsp3) is 0.316. The lowest BCUT2D eigenvalue weighted by atomic mass is 9.98. The van der Waals surface area contributed by atoms with Gasteiger partial charge in [-0.1, -0.05) is 30.1 Å². The average molecular weight is 378 g/mol. The predicted octanol–water partition coefficient (Wildman–Crippen LogP) is 5.06. The van der Waals surface area contributed by atoms with Crippen LogP contribution in [0.15, 0.2) is 36.4 Å². The lowest BCUT2D eigenvalue weighted by Crippen LogP contribution is -2.33. The number of hydrogen-bond donors (Lipinski definition) is 2. The number of nitrogens with one attached hydrogen (secondary N) is 1. The number of anilines is 3. The number of carbonyl (C=O) groups excluding carboxylic acids is 1. The van der Waals surface area contributed by atoms with Crippen molar-refractivity contribution in [1.29, 1.82) is 0 Å². The van der Waals surface area contributed by atoms with Crippen molar-refractivity contribution in [3.05, 3.63) is 52.0 Å². The Balaban J connectivity index is 1.82. The fourth-order valence-electron chi connectivity index (χ4n) is 2.99. The van der Waals surface area contributed by atoms with Crippen LogP contribution < -0.4 is 16.0 Å². The molecule has 0 aromatic heterocycles. The van der Waals surface area contributed by atoms with Crippen molar-refractivity contribution < 1.29 is 4.79 Å². The molecule has 0 aliphatic carbocycles.